The fourth-order valence-corrected chi connectivity index (χ4v) is 2.55. The molecule has 0 aromatic heterocycles. The highest BCUT2D eigenvalue weighted by Crippen LogP contribution is 2.11. The van der Waals surface area contributed by atoms with Crippen molar-refractivity contribution in [2.24, 2.45) is 4.99 Å². The molecule has 2 rings (SSSR count). The first-order valence-electron chi connectivity index (χ1n) is 8.98. The summed E-state index contributed by atoms with van der Waals surface area (Å²) < 4.78 is 23.9. The van der Waals surface area contributed by atoms with E-state index in [4.69, 9.17) is 9.47 Å². The molecule has 1 fully saturated rings. The van der Waals surface area contributed by atoms with Crippen LogP contribution in [0.5, 0.6) is 5.75 Å². The van der Waals surface area contributed by atoms with Gasteiger partial charge in [-0.15, -0.1) is 24.0 Å². The van der Waals surface area contributed by atoms with Crippen molar-refractivity contribution in [2.45, 2.75) is 13.3 Å². The van der Waals surface area contributed by atoms with Crippen LogP contribution in [-0.2, 0) is 4.74 Å². The van der Waals surface area contributed by atoms with E-state index >= 15 is 0 Å². The van der Waals surface area contributed by atoms with E-state index < -0.39 is 0 Å². The van der Waals surface area contributed by atoms with E-state index in [0.29, 0.717) is 18.9 Å². The summed E-state index contributed by atoms with van der Waals surface area (Å²) in [7, 11) is 0. The van der Waals surface area contributed by atoms with E-state index in [0.717, 1.165) is 58.3 Å². The molecular formula is C18H30FIN4O2. The van der Waals surface area contributed by atoms with Gasteiger partial charge in [0.15, 0.2) is 5.96 Å². The van der Waals surface area contributed by atoms with Crippen LogP contribution in [0, 0.1) is 5.82 Å². The molecular weight excluding hydrogens is 450 g/mol. The first-order chi connectivity index (χ1) is 12.3. The molecule has 1 aromatic carbocycles. The predicted molar refractivity (Wildman–Crippen MR) is 113 cm³/mol. The van der Waals surface area contributed by atoms with Crippen molar-refractivity contribution in [3.63, 3.8) is 0 Å². The van der Waals surface area contributed by atoms with Crippen molar-refractivity contribution in [1.29, 1.82) is 0 Å². The molecule has 1 aliphatic heterocycles. The van der Waals surface area contributed by atoms with Gasteiger partial charge in [0, 0.05) is 38.8 Å². The Labute approximate surface area is 172 Å². The summed E-state index contributed by atoms with van der Waals surface area (Å²) in [6.45, 7) is 9.41. The van der Waals surface area contributed by atoms with E-state index in [2.05, 4.69) is 20.5 Å². The zero-order valence-corrected chi connectivity index (χ0v) is 17.7. The molecule has 0 unspecified atom stereocenters. The third-order valence-corrected chi connectivity index (χ3v) is 3.81. The van der Waals surface area contributed by atoms with Gasteiger partial charge >= 0.3 is 0 Å². The third kappa shape index (κ3) is 9.54. The van der Waals surface area contributed by atoms with Gasteiger partial charge in [0.1, 0.15) is 18.2 Å². The van der Waals surface area contributed by atoms with Crippen LogP contribution in [0.25, 0.3) is 0 Å². The molecule has 1 heterocycles. The Morgan fingerprint density at radius 2 is 2.12 bits per heavy atom. The van der Waals surface area contributed by atoms with Gasteiger partial charge in [-0.3, -0.25) is 9.89 Å². The van der Waals surface area contributed by atoms with Crippen molar-refractivity contribution < 1.29 is 13.9 Å². The molecule has 26 heavy (non-hydrogen) atoms. The topological polar surface area (TPSA) is 58.1 Å². The van der Waals surface area contributed by atoms with Gasteiger partial charge in [0.05, 0.1) is 19.8 Å². The Morgan fingerprint density at radius 3 is 2.85 bits per heavy atom. The average molecular weight is 480 g/mol. The lowest BCUT2D eigenvalue weighted by atomic mass is 10.3. The van der Waals surface area contributed by atoms with Crippen LogP contribution >= 0.6 is 24.0 Å². The van der Waals surface area contributed by atoms with Crippen LogP contribution < -0.4 is 15.4 Å². The zero-order chi connectivity index (χ0) is 17.7. The Kier molecular flexibility index (Phi) is 12.3. The predicted octanol–water partition coefficient (Wildman–Crippen LogP) is 2.10. The first kappa shape index (κ1) is 22.9. The number of aliphatic imine (C=N–C) groups is 1. The molecule has 2 N–H and O–H groups in total. The monoisotopic (exact) mass is 480 g/mol. The maximum absolute atomic E-state index is 13.1. The number of halogens is 2. The summed E-state index contributed by atoms with van der Waals surface area (Å²) in [5.41, 5.74) is 0. The minimum Gasteiger partial charge on any atom is -0.492 e. The summed E-state index contributed by atoms with van der Waals surface area (Å²) >= 11 is 0. The summed E-state index contributed by atoms with van der Waals surface area (Å²) in [6, 6.07) is 6.16. The number of rotatable bonds is 9. The molecule has 0 saturated carbocycles. The van der Waals surface area contributed by atoms with Crippen LogP contribution in [0.1, 0.15) is 13.3 Å². The van der Waals surface area contributed by atoms with Crippen molar-refractivity contribution in [2.75, 3.05) is 59.1 Å². The standard InChI is InChI=1S/C18H29FN4O2.HI/c1-2-20-18(21-7-4-9-23-10-13-24-14-11-23)22-8-12-25-17-6-3-5-16(19)15-17;/h3,5-6,15H,2,4,7-14H2,1H3,(H2,20,21,22);1H. The van der Waals surface area contributed by atoms with E-state index in [9.17, 15) is 4.39 Å². The average Bonchev–Trinajstić information content (AvgIpc) is 2.63. The van der Waals surface area contributed by atoms with Gasteiger partial charge in [0.25, 0.3) is 0 Å². The van der Waals surface area contributed by atoms with Crippen LogP contribution in [0.3, 0.4) is 0 Å². The zero-order valence-electron chi connectivity index (χ0n) is 15.4. The van der Waals surface area contributed by atoms with Gasteiger partial charge < -0.3 is 20.1 Å². The molecule has 0 spiro atoms. The smallest absolute Gasteiger partial charge is 0.191 e. The van der Waals surface area contributed by atoms with E-state index in [1.807, 2.05) is 6.92 Å². The molecule has 0 radical (unpaired) electrons. The molecule has 0 bridgehead atoms. The SMILES string of the molecule is CCNC(=NCCCN1CCOCC1)NCCOc1cccc(F)c1.I. The van der Waals surface area contributed by atoms with Gasteiger partial charge in [0.2, 0.25) is 0 Å². The van der Waals surface area contributed by atoms with E-state index in [1.165, 1.54) is 12.1 Å². The number of benzene rings is 1. The highest BCUT2D eigenvalue weighted by Gasteiger charge is 2.09. The number of hydrogen-bond acceptors (Lipinski definition) is 4. The van der Waals surface area contributed by atoms with Gasteiger partial charge in [-0.1, -0.05) is 6.07 Å². The van der Waals surface area contributed by atoms with E-state index in [1.54, 1.807) is 12.1 Å². The quantitative estimate of drug-likeness (QED) is 0.246. The Hall–Kier alpha value is -1.13. The van der Waals surface area contributed by atoms with Crippen molar-refractivity contribution in [3.8, 4) is 5.75 Å². The number of guanidine groups is 1. The Balaban J connectivity index is 0.00000338. The van der Waals surface area contributed by atoms with Gasteiger partial charge in [-0.2, -0.15) is 0 Å². The van der Waals surface area contributed by atoms with Gasteiger partial charge in [-0.05, 0) is 25.5 Å². The van der Waals surface area contributed by atoms with Crippen LogP contribution in [0.2, 0.25) is 0 Å². The lowest BCUT2D eigenvalue weighted by Crippen LogP contribution is -2.39. The fourth-order valence-electron chi connectivity index (χ4n) is 2.55. The summed E-state index contributed by atoms with van der Waals surface area (Å²) in [5, 5.41) is 6.45. The second kappa shape index (κ2) is 14.0. The molecule has 0 amide bonds. The fraction of sp³-hybridized carbons (Fsp3) is 0.611. The minimum absolute atomic E-state index is 0. The Bertz CT molecular complexity index is 528. The number of morpholine rings is 1. The largest absolute Gasteiger partial charge is 0.492 e. The maximum Gasteiger partial charge on any atom is 0.191 e. The summed E-state index contributed by atoms with van der Waals surface area (Å²) in [5.74, 6) is 1.03. The third-order valence-electron chi connectivity index (χ3n) is 3.81. The molecule has 0 aliphatic carbocycles. The van der Waals surface area contributed by atoms with Crippen LogP contribution in [-0.4, -0.2) is 69.9 Å². The lowest BCUT2D eigenvalue weighted by molar-refractivity contribution is 0.0377. The second-order valence-electron chi connectivity index (χ2n) is 5.80. The second-order valence-corrected chi connectivity index (χ2v) is 5.80. The molecule has 1 aliphatic rings. The summed E-state index contributed by atoms with van der Waals surface area (Å²) in [4.78, 5) is 6.99. The van der Waals surface area contributed by atoms with Crippen LogP contribution in [0.4, 0.5) is 4.39 Å². The molecule has 1 aromatic rings. The number of ether oxygens (including phenoxy) is 2. The van der Waals surface area contributed by atoms with Crippen molar-refractivity contribution in [3.05, 3.63) is 30.1 Å². The van der Waals surface area contributed by atoms with E-state index in [-0.39, 0.29) is 29.8 Å². The summed E-state index contributed by atoms with van der Waals surface area (Å²) in [6.07, 6.45) is 1.02. The van der Waals surface area contributed by atoms with Crippen molar-refractivity contribution >= 4 is 29.9 Å². The maximum atomic E-state index is 13.1. The Morgan fingerprint density at radius 1 is 1.31 bits per heavy atom. The highest BCUT2D eigenvalue weighted by atomic mass is 127. The normalized spacial score (nSPS) is 15.2. The van der Waals surface area contributed by atoms with Crippen LogP contribution in [0.15, 0.2) is 29.3 Å². The first-order valence-corrected chi connectivity index (χ1v) is 8.98. The number of hydrogen-bond donors (Lipinski definition) is 2. The number of nitrogens with zero attached hydrogens (tertiary/aromatic N) is 2. The highest BCUT2D eigenvalue weighted by molar-refractivity contribution is 14.0. The molecule has 0 atom stereocenters. The minimum atomic E-state index is -0.291. The molecule has 148 valence electrons. The van der Waals surface area contributed by atoms with Gasteiger partial charge in [-0.25, -0.2) is 4.39 Å². The molecule has 6 nitrogen and oxygen atoms in total. The lowest BCUT2D eigenvalue weighted by Gasteiger charge is -2.26. The molecule has 1 saturated heterocycles. The molecule has 8 heteroatoms. The number of nitrogens with one attached hydrogen (secondary N) is 2. The van der Waals surface area contributed by atoms with Crippen molar-refractivity contribution in [1.82, 2.24) is 15.5 Å².